The van der Waals surface area contributed by atoms with Crippen LogP contribution in [0.25, 0.3) is 0 Å². The third-order valence-corrected chi connectivity index (χ3v) is 7.98. The van der Waals surface area contributed by atoms with Gasteiger partial charge in [0.25, 0.3) is 0 Å². The van der Waals surface area contributed by atoms with Gasteiger partial charge in [0.05, 0.1) is 21.6 Å². The maximum atomic E-state index is 12.9. The minimum Gasteiger partial charge on any atom is -0.325 e. The van der Waals surface area contributed by atoms with Crippen molar-refractivity contribution in [2.45, 2.75) is 42.7 Å². The molecule has 2 atom stereocenters. The van der Waals surface area contributed by atoms with Crippen molar-refractivity contribution in [2.75, 3.05) is 16.4 Å². The molecule has 8 heteroatoms. The molecule has 0 aromatic heterocycles. The van der Waals surface area contributed by atoms with Gasteiger partial charge in [-0.1, -0.05) is 25.1 Å². The van der Waals surface area contributed by atoms with E-state index in [9.17, 15) is 18.0 Å². The second-order valence-electron chi connectivity index (χ2n) is 7.35. The fourth-order valence-corrected chi connectivity index (χ4v) is 5.65. The average Bonchev–Trinajstić information content (AvgIpc) is 2.64. The fraction of sp³-hybridized carbons (Fsp3) is 0.333. The standard InChI is InChI=1S/C21H24N2O4S2/c1-12-6-5-7-13(2)19(12)23-20(24)14(3)11-29(26,27)16-8-9-18-17(10-16)22-21(25)15(4)28-18/h5-10,14-15H,11H2,1-4H3,(H,22,25)(H,23,24)/t14-,15-/m1/s1. The van der Waals surface area contributed by atoms with Gasteiger partial charge in [-0.05, 0) is 50.1 Å². The molecule has 0 bridgehead atoms. The largest absolute Gasteiger partial charge is 0.325 e. The van der Waals surface area contributed by atoms with E-state index >= 15 is 0 Å². The molecule has 154 valence electrons. The van der Waals surface area contributed by atoms with Crippen LogP contribution in [0.15, 0.2) is 46.2 Å². The van der Waals surface area contributed by atoms with E-state index < -0.39 is 15.8 Å². The summed E-state index contributed by atoms with van der Waals surface area (Å²) < 4.78 is 25.7. The van der Waals surface area contributed by atoms with Gasteiger partial charge in [-0.3, -0.25) is 9.59 Å². The number of para-hydroxylation sites is 1. The summed E-state index contributed by atoms with van der Waals surface area (Å²) in [7, 11) is -3.70. The Labute approximate surface area is 175 Å². The highest BCUT2D eigenvalue weighted by Gasteiger charge is 2.27. The zero-order valence-electron chi connectivity index (χ0n) is 16.8. The molecule has 1 heterocycles. The quantitative estimate of drug-likeness (QED) is 0.750. The van der Waals surface area contributed by atoms with Gasteiger partial charge in [-0.2, -0.15) is 0 Å². The highest BCUT2D eigenvalue weighted by Crippen LogP contribution is 2.37. The van der Waals surface area contributed by atoms with Crippen LogP contribution in [-0.4, -0.2) is 31.2 Å². The molecule has 0 saturated heterocycles. The van der Waals surface area contributed by atoms with E-state index in [-0.39, 0.29) is 27.7 Å². The van der Waals surface area contributed by atoms with Gasteiger partial charge in [0.2, 0.25) is 11.8 Å². The molecule has 6 nitrogen and oxygen atoms in total. The Bertz CT molecular complexity index is 1060. The number of sulfone groups is 1. The van der Waals surface area contributed by atoms with Gasteiger partial charge in [-0.15, -0.1) is 11.8 Å². The predicted octanol–water partition coefficient (Wildman–Crippen LogP) is 3.78. The van der Waals surface area contributed by atoms with Crippen LogP contribution in [-0.2, 0) is 19.4 Å². The molecular weight excluding hydrogens is 408 g/mol. The Balaban J connectivity index is 1.76. The van der Waals surface area contributed by atoms with Crippen molar-refractivity contribution < 1.29 is 18.0 Å². The molecule has 2 aromatic rings. The highest BCUT2D eigenvalue weighted by atomic mass is 32.2. The predicted molar refractivity (Wildman–Crippen MR) is 116 cm³/mol. The molecule has 2 N–H and O–H groups in total. The van der Waals surface area contributed by atoms with E-state index in [1.807, 2.05) is 32.0 Å². The van der Waals surface area contributed by atoms with Crippen LogP contribution < -0.4 is 10.6 Å². The van der Waals surface area contributed by atoms with E-state index in [0.29, 0.717) is 11.4 Å². The SMILES string of the molecule is Cc1cccc(C)c1NC(=O)[C@H](C)CS(=O)(=O)c1ccc2c(c1)NC(=O)[C@@H](C)S2. The van der Waals surface area contributed by atoms with Crippen LogP contribution in [0.1, 0.15) is 25.0 Å². The molecule has 1 aliphatic rings. The zero-order chi connectivity index (χ0) is 21.3. The van der Waals surface area contributed by atoms with Crippen LogP contribution in [0.2, 0.25) is 0 Å². The van der Waals surface area contributed by atoms with E-state index in [1.165, 1.54) is 23.9 Å². The maximum absolute atomic E-state index is 12.9. The number of thioether (sulfide) groups is 1. The lowest BCUT2D eigenvalue weighted by atomic mass is 10.1. The number of carbonyl (C=O) groups is 2. The average molecular weight is 433 g/mol. The van der Waals surface area contributed by atoms with Crippen molar-refractivity contribution in [3.63, 3.8) is 0 Å². The third kappa shape index (κ3) is 4.64. The molecule has 2 aromatic carbocycles. The second kappa shape index (κ2) is 8.20. The summed E-state index contributed by atoms with van der Waals surface area (Å²) >= 11 is 1.39. The molecule has 0 spiro atoms. The molecule has 2 amide bonds. The second-order valence-corrected chi connectivity index (χ2v) is 10.8. The number of rotatable bonds is 5. The Kier molecular flexibility index (Phi) is 6.05. The first kappa shape index (κ1) is 21.4. The zero-order valence-corrected chi connectivity index (χ0v) is 18.4. The summed E-state index contributed by atoms with van der Waals surface area (Å²) in [4.78, 5) is 25.4. The molecular formula is C21H24N2O4S2. The molecule has 0 fully saturated rings. The first-order valence-electron chi connectivity index (χ1n) is 9.30. The molecule has 0 aliphatic carbocycles. The maximum Gasteiger partial charge on any atom is 0.237 e. The number of benzene rings is 2. The number of amides is 2. The third-order valence-electron chi connectivity index (χ3n) is 4.89. The summed E-state index contributed by atoms with van der Waals surface area (Å²) in [6.45, 7) is 7.18. The Morgan fingerprint density at radius 3 is 2.52 bits per heavy atom. The molecule has 29 heavy (non-hydrogen) atoms. The molecule has 3 rings (SSSR count). The smallest absolute Gasteiger partial charge is 0.237 e. The van der Waals surface area contributed by atoms with Crippen LogP contribution in [0.3, 0.4) is 0 Å². The number of hydrogen-bond acceptors (Lipinski definition) is 5. The van der Waals surface area contributed by atoms with E-state index in [1.54, 1.807) is 19.9 Å². The van der Waals surface area contributed by atoms with Gasteiger partial charge in [-0.25, -0.2) is 8.42 Å². The van der Waals surface area contributed by atoms with E-state index in [2.05, 4.69) is 10.6 Å². The van der Waals surface area contributed by atoms with Crippen LogP contribution in [0, 0.1) is 19.8 Å². The summed E-state index contributed by atoms with van der Waals surface area (Å²) in [6, 6.07) is 10.4. The van der Waals surface area contributed by atoms with Gasteiger partial charge in [0, 0.05) is 16.5 Å². The number of nitrogens with one attached hydrogen (secondary N) is 2. The number of aryl methyl sites for hydroxylation is 2. The minimum absolute atomic E-state index is 0.0958. The summed E-state index contributed by atoms with van der Waals surface area (Å²) in [6.07, 6.45) is 0. The van der Waals surface area contributed by atoms with Gasteiger partial charge >= 0.3 is 0 Å². The van der Waals surface area contributed by atoms with Gasteiger partial charge in [0.15, 0.2) is 9.84 Å². The first-order chi connectivity index (χ1) is 13.6. The Hall–Kier alpha value is -2.32. The summed E-state index contributed by atoms with van der Waals surface area (Å²) in [5.74, 6) is -1.56. The van der Waals surface area contributed by atoms with Crippen molar-refractivity contribution in [1.82, 2.24) is 0 Å². The lowest BCUT2D eigenvalue weighted by molar-refractivity contribution is -0.119. The Morgan fingerprint density at radius 1 is 1.21 bits per heavy atom. The highest BCUT2D eigenvalue weighted by molar-refractivity contribution is 8.01. The van der Waals surface area contributed by atoms with Gasteiger partial charge < -0.3 is 10.6 Å². The van der Waals surface area contributed by atoms with E-state index in [0.717, 1.165) is 16.0 Å². The number of hydrogen-bond donors (Lipinski definition) is 2. The van der Waals surface area contributed by atoms with Crippen molar-refractivity contribution >= 4 is 44.8 Å². The topological polar surface area (TPSA) is 92.3 Å². The summed E-state index contributed by atoms with van der Waals surface area (Å²) in [5, 5.41) is 5.37. The van der Waals surface area contributed by atoms with Crippen LogP contribution >= 0.6 is 11.8 Å². The molecule has 0 saturated carbocycles. The van der Waals surface area contributed by atoms with Crippen molar-refractivity contribution in [2.24, 2.45) is 5.92 Å². The lowest BCUT2D eigenvalue weighted by Gasteiger charge is -2.22. The molecule has 0 radical (unpaired) electrons. The number of anilines is 2. The lowest BCUT2D eigenvalue weighted by Crippen LogP contribution is -2.28. The molecule has 1 aliphatic heterocycles. The first-order valence-corrected chi connectivity index (χ1v) is 11.8. The summed E-state index contributed by atoms with van der Waals surface area (Å²) in [5.41, 5.74) is 3.05. The van der Waals surface area contributed by atoms with E-state index in [4.69, 9.17) is 0 Å². The van der Waals surface area contributed by atoms with Gasteiger partial charge in [0.1, 0.15) is 0 Å². The fourth-order valence-electron chi connectivity index (χ4n) is 3.14. The van der Waals surface area contributed by atoms with Crippen LogP contribution in [0.5, 0.6) is 0 Å². The minimum atomic E-state index is -3.70. The number of carbonyl (C=O) groups excluding carboxylic acids is 2. The monoisotopic (exact) mass is 432 g/mol. The van der Waals surface area contributed by atoms with Crippen molar-refractivity contribution in [1.29, 1.82) is 0 Å². The van der Waals surface area contributed by atoms with Crippen molar-refractivity contribution in [3.8, 4) is 0 Å². The van der Waals surface area contributed by atoms with Crippen LogP contribution in [0.4, 0.5) is 11.4 Å². The number of fused-ring (bicyclic) bond motifs is 1. The Morgan fingerprint density at radius 2 is 1.86 bits per heavy atom. The molecule has 0 unspecified atom stereocenters. The van der Waals surface area contributed by atoms with Crippen molar-refractivity contribution in [3.05, 3.63) is 47.5 Å². The normalized spacial score (nSPS) is 17.2.